The zero-order valence-electron chi connectivity index (χ0n) is 25.7. The van der Waals surface area contributed by atoms with Crippen molar-refractivity contribution in [3.63, 3.8) is 0 Å². The fourth-order valence-electron chi connectivity index (χ4n) is 4.93. The van der Waals surface area contributed by atoms with Crippen molar-refractivity contribution in [3.8, 4) is 0 Å². The van der Waals surface area contributed by atoms with Gasteiger partial charge >= 0.3 is 5.97 Å². The summed E-state index contributed by atoms with van der Waals surface area (Å²) in [5.41, 5.74) is 0.358. The van der Waals surface area contributed by atoms with E-state index in [9.17, 15) is 43.2 Å². The lowest BCUT2D eigenvalue weighted by Gasteiger charge is -2.39. The molecule has 0 bridgehead atoms. The molecule has 0 spiro atoms. The second-order valence-corrected chi connectivity index (χ2v) is 15.3. The molecule has 0 radical (unpaired) electrons. The first-order chi connectivity index (χ1) is 21.2. The minimum absolute atomic E-state index is 0.0482. The number of hydrogen-bond acceptors (Lipinski definition) is 12. The van der Waals surface area contributed by atoms with Crippen molar-refractivity contribution < 1.29 is 52.7 Å². The number of carbonyl (C=O) groups is 3. The summed E-state index contributed by atoms with van der Waals surface area (Å²) in [4.78, 5) is 36.7. The van der Waals surface area contributed by atoms with Gasteiger partial charge in [0.15, 0.2) is 0 Å². The number of fused-ring (bicyclic) bond motifs is 1. The molecule has 3 rings (SSSR count). The second-order valence-electron chi connectivity index (χ2n) is 11.6. The van der Waals surface area contributed by atoms with Crippen LogP contribution >= 0.6 is 10.8 Å². The molecule has 0 saturated carbocycles. The summed E-state index contributed by atoms with van der Waals surface area (Å²) in [6, 6.07) is 0. The summed E-state index contributed by atoms with van der Waals surface area (Å²) in [5.74, 6) is -2.01. The quantitative estimate of drug-likeness (QED) is 0.0450. The Bertz CT molecular complexity index is 1320. The van der Waals surface area contributed by atoms with Crippen molar-refractivity contribution in [2.24, 2.45) is 11.8 Å². The summed E-state index contributed by atoms with van der Waals surface area (Å²) in [5, 5.41) is 47.3. The molecule has 0 aromatic carbocycles. The number of nitrogens with one attached hydrogen (secondary N) is 2. The van der Waals surface area contributed by atoms with Crippen LogP contribution in [-0.4, -0.2) is 90.4 Å². The van der Waals surface area contributed by atoms with Crippen molar-refractivity contribution in [3.05, 3.63) is 45.5 Å². The van der Waals surface area contributed by atoms with Crippen LogP contribution in [0.1, 0.15) is 65.7 Å². The predicted molar refractivity (Wildman–Crippen MR) is 166 cm³/mol. The minimum Gasteiger partial charge on any atom is -0.463 e. The zero-order chi connectivity index (χ0) is 33.3. The molecule has 1 fully saturated rings. The lowest BCUT2D eigenvalue weighted by atomic mass is 9.86. The fraction of sp³-hybridized carbons (Fsp3) is 0.633. The van der Waals surface area contributed by atoms with Gasteiger partial charge in [0.25, 0.3) is 5.91 Å². The van der Waals surface area contributed by atoms with Crippen LogP contribution in [0.15, 0.2) is 45.5 Å². The summed E-state index contributed by atoms with van der Waals surface area (Å²) < 4.78 is 34.2. The number of rotatable bonds is 16. The number of esters is 1. The zero-order valence-corrected chi connectivity index (χ0v) is 27.3. The number of hydrogen-bond donors (Lipinski definition) is 6. The molecule has 0 aromatic rings. The normalized spacial score (nSPS) is 26.7. The largest absolute Gasteiger partial charge is 0.463 e. The molecule has 7 unspecified atom stereocenters. The van der Waals surface area contributed by atoms with Crippen LogP contribution in [0.3, 0.4) is 0 Å². The van der Waals surface area contributed by atoms with E-state index in [4.69, 9.17) is 9.47 Å². The van der Waals surface area contributed by atoms with Gasteiger partial charge in [-0.3, -0.25) is 9.59 Å². The molecule has 3 aliphatic rings. The Morgan fingerprint density at radius 2 is 1.84 bits per heavy atom. The monoisotopic (exact) mass is 672 g/mol. The number of ether oxygens (including phenoxy) is 2. The standard InChI is InChI=1S/C30H44N2O11S2/c1-17(19(3)33)10-9-11-20-15-43-28(27(38)26(20)37)25(36)18(2)14-23(35)42-13-8-6-4-5-7-12-22(34)32-24-29-21(31-30(24)39)16-45(40,41)44-29/h9-10,14,16-17,19-20,25-28,33,36-38H,4-8,11-13,15H2,1-3H3,(H,31,39)(H,32,34). The Labute approximate surface area is 267 Å². The van der Waals surface area contributed by atoms with Gasteiger partial charge in [0.1, 0.15) is 24.0 Å². The van der Waals surface area contributed by atoms with Gasteiger partial charge in [-0.2, -0.15) is 0 Å². The molecule has 252 valence electrons. The Morgan fingerprint density at radius 3 is 2.56 bits per heavy atom. The molecule has 0 aliphatic carbocycles. The van der Waals surface area contributed by atoms with Gasteiger partial charge in [0.05, 0.1) is 41.4 Å². The summed E-state index contributed by atoms with van der Waals surface area (Å²) >= 11 is 0. The van der Waals surface area contributed by atoms with Crippen LogP contribution in [-0.2, 0) is 32.7 Å². The van der Waals surface area contributed by atoms with Gasteiger partial charge in [0, 0.05) is 29.2 Å². The number of carbonyl (C=O) groups excluding carboxylic acids is 3. The molecule has 6 N–H and O–H groups in total. The van der Waals surface area contributed by atoms with E-state index in [-0.39, 0.29) is 59.2 Å². The molecule has 15 heteroatoms. The van der Waals surface area contributed by atoms with E-state index in [1.54, 1.807) is 6.92 Å². The van der Waals surface area contributed by atoms with Crippen LogP contribution in [0.25, 0.3) is 0 Å². The first-order valence-electron chi connectivity index (χ1n) is 15.1. The molecule has 2 amide bonds. The van der Waals surface area contributed by atoms with Crippen molar-refractivity contribution in [1.29, 1.82) is 0 Å². The molecule has 1 saturated heterocycles. The molecular weight excluding hydrogens is 628 g/mol. The van der Waals surface area contributed by atoms with Gasteiger partial charge in [-0.25, -0.2) is 13.2 Å². The predicted octanol–water partition coefficient (Wildman–Crippen LogP) is 1.25. The Balaban J connectivity index is 1.29. The highest BCUT2D eigenvalue weighted by Crippen LogP contribution is 2.41. The molecule has 7 atom stereocenters. The highest BCUT2D eigenvalue weighted by atomic mass is 33.1. The fourth-order valence-corrected chi connectivity index (χ4v) is 7.83. The van der Waals surface area contributed by atoms with Crippen molar-refractivity contribution in [2.45, 2.75) is 96.2 Å². The van der Waals surface area contributed by atoms with Crippen LogP contribution < -0.4 is 10.6 Å². The third-order valence-electron chi connectivity index (χ3n) is 7.90. The van der Waals surface area contributed by atoms with E-state index in [0.717, 1.165) is 30.7 Å². The number of amides is 2. The molecule has 45 heavy (non-hydrogen) atoms. The van der Waals surface area contributed by atoms with Crippen molar-refractivity contribution in [1.82, 2.24) is 10.6 Å². The third kappa shape index (κ3) is 10.8. The molecule has 3 heterocycles. The van der Waals surface area contributed by atoms with Crippen LogP contribution in [0.2, 0.25) is 0 Å². The maximum absolute atomic E-state index is 12.2. The van der Waals surface area contributed by atoms with E-state index in [2.05, 4.69) is 10.6 Å². The maximum Gasteiger partial charge on any atom is 0.330 e. The Kier molecular flexibility index (Phi) is 13.8. The SMILES string of the molecule is CC(=CC(=O)OCCCCCCCC(=O)NC1=C2SS(=O)(=O)C=C2NC1=O)C(O)C1OCC(CC=CC(C)C(C)O)C(O)C1O. The Morgan fingerprint density at radius 1 is 1.16 bits per heavy atom. The third-order valence-corrected chi connectivity index (χ3v) is 10.7. The smallest absolute Gasteiger partial charge is 0.330 e. The molecule has 13 nitrogen and oxygen atoms in total. The lowest BCUT2D eigenvalue weighted by Crippen LogP contribution is -2.54. The topological polar surface area (TPSA) is 209 Å². The van der Waals surface area contributed by atoms with Gasteiger partial charge in [-0.1, -0.05) is 38.3 Å². The average Bonchev–Trinajstić information content (AvgIpc) is 3.41. The van der Waals surface area contributed by atoms with Gasteiger partial charge < -0.3 is 40.5 Å². The van der Waals surface area contributed by atoms with E-state index in [1.807, 2.05) is 19.1 Å². The number of aliphatic hydroxyl groups excluding tert-OH is 4. The molecular formula is C30H44N2O11S2. The summed E-state index contributed by atoms with van der Waals surface area (Å²) in [6.07, 6.45) is 3.38. The maximum atomic E-state index is 12.2. The van der Waals surface area contributed by atoms with Crippen LogP contribution in [0.5, 0.6) is 0 Å². The first kappa shape index (κ1) is 36.9. The van der Waals surface area contributed by atoms with E-state index < -0.39 is 51.3 Å². The second kappa shape index (κ2) is 16.9. The van der Waals surface area contributed by atoms with Gasteiger partial charge in [0.2, 0.25) is 14.8 Å². The lowest BCUT2D eigenvalue weighted by molar-refractivity contribution is -0.187. The number of allylic oxidation sites excluding steroid dienone is 1. The van der Waals surface area contributed by atoms with Crippen LogP contribution in [0, 0.1) is 11.8 Å². The van der Waals surface area contributed by atoms with E-state index >= 15 is 0 Å². The average molecular weight is 673 g/mol. The van der Waals surface area contributed by atoms with Crippen molar-refractivity contribution in [2.75, 3.05) is 13.2 Å². The summed E-state index contributed by atoms with van der Waals surface area (Å²) in [7, 11) is -2.98. The van der Waals surface area contributed by atoms with E-state index in [1.165, 1.54) is 6.92 Å². The summed E-state index contributed by atoms with van der Waals surface area (Å²) in [6.45, 7) is 5.33. The number of unbranched alkanes of at least 4 members (excludes halogenated alkanes) is 4. The molecule has 3 aliphatic heterocycles. The van der Waals surface area contributed by atoms with Crippen LogP contribution in [0.4, 0.5) is 0 Å². The molecule has 0 aromatic heterocycles. The minimum atomic E-state index is -3.51. The number of aliphatic hydroxyl groups is 4. The van der Waals surface area contributed by atoms with Gasteiger partial charge in [-0.05, 0) is 44.6 Å². The Hall–Kier alpha value is -2.53. The first-order valence-corrected chi connectivity index (χ1v) is 18.0. The van der Waals surface area contributed by atoms with E-state index in [0.29, 0.717) is 30.1 Å². The van der Waals surface area contributed by atoms with Gasteiger partial charge in [-0.15, -0.1) is 0 Å². The highest BCUT2D eigenvalue weighted by Gasteiger charge is 2.42. The highest BCUT2D eigenvalue weighted by molar-refractivity contribution is 8.75. The van der Waals surface area contributed by atoms with Crippen molar-refractivity contribution >= 4 is 37.4 Å².